The summed E-state index contributed by atoms with van der Waals surface area (Å²) in [5.41, 5.74) is 0. The number of amides is 1. The van der Waals surface area contributed by atoms with E-state index in [2.05, 4.69) is 15.1 Å². The van der Waals surface area contributed by atoms with Gasteiger partial charge in [0.2, 0.25) is 5.91 Å². The summed E-state index contributed by atoms with van der Waals surface area (Å²) in [6.07, 6.45) is 7.26. The van der Waals surface area contributed by atoms with E-state index in [0.717, 1.165) is 63.9 Å². The highest BCUT2D eigenvalue weighted by Crippen LogP contribution is 2.30. The van der Waals surface area contributed by atoms with E-state index in [9.17, 15) is 4.79 Å². The Labute approximate surface area is 122 Å². The highest BCUT2D eigenvalue weighted by molar-refractivity contribution is 5.76. The highest BCUT2D eigenvalue weighted by Gasteiger charge is 2.27. The molecule has 1 N–H and O–H groups in total. The molecule has 1 atom stereocenters. The average molecular weight is 279 g/mol. The predicted octanol–water partition coefficient (Wildman–Crippen LogP) is 1.32. The largest absolute Gasteiger partial charge is 0.340 e. The van der Waals surface area contributed by atoms with Crippen LogP contribution in [0.5, 0.6) is 0 Å². The summed E-state index contributed by atoms with van der Waals surface area (Å²) in [5.74, 6) is 2.08. The van der Waals surface area contributed by atoms with Gasteiger partial charge in [0.25, 0.3) is 0 Å². The van der Waals surface area contributed by atoms with Gasteiger partial charge in [-0.3, -0.25) is 9.69 Å². The average Bonchev–Trinajstić information content (AvgIpc) is 3.31. The molecule has 0 aromatic carbocycles. The van der Waals surface area contributed by atoms with Crippen LogP contribution in [0.25, 0.3) is 0 Å². The molecule has 20 heavy (non-hydrogen) atoms. The third-order valence-corrected chi connectivity index (χ3v) is 5.10. The van der Waals surface area contributed by atoms with Gasteiger partial charge in [-0.05, 0) is 57.0 Å². The summed E-state index contributed by atoms with van der Waals surface area (Å²) < 4.78 is 0. The molecule has 3 fully saturated rings. The molecule has 4 nitrogen and oxygen atoms in total. The van der Waals surface area contributed by atoms with Crippen molar-refractivity contribution in [1.82, 2.24) is 15.1 Å². The first kappa shape index (κ1) is 14.3. The van der Waals surface area contributed by atoms with E-state index in [1.54, 1.807) is 0 Å². The lowest BCUT2D eigenvalue weighted by molar-refractivity contribution is -0.133. The molecule has 0 spiro atoms. The van der Waals surface area contributed by atoms with Crippen LogP contribution in [0.4, 0.5) is 0 Å². The number of piperazine rings is 1. The van der Waals surface area contributed by atoms with Crippen LogP contribution in [0.1, 0.15) is 38.5 Å². The van der Waals surface area contributed by atoms with Crippen LogP contribution < -0.4 is 5.32 Å². The molecule has 0 aromatic heterocycles. The lowest BCUT2D eigenvalue weighted by Gasteiger charge is -2.35. The quantitative estimate of drug-likeness (QED) is 0.824. The Morgan fingerprint density at radius 1 is 1.05 bits per heavy atom. The first-order valence-corrected chi connectivity index (χ1v) is 8.52. The van der Waals surface area contributed by atoms with Crippen molar-refractivity contribution in [2.75, 3.05) is 45.8 Å². The Balaban J connectivity index is 1.33. The summed E-state index contributed by atoms with van der Waals surface area (Å²) in [5, 5.41) is 3.44. The Hall–Kier alpha value is -0.610. The maximum Gasteiger partial charge on any atom is 0.222 e. The molecule has 0 aromatic rings. The van der Waals surface area contributed by atoms with Gasteiger partial charge in [0.15, 0.2) is 0 Å². The minimum Gasteiger partial charge on any atom is -0.340 e. The normalized spacial score (nSPS) is 28.6. The molecule has 3 rings (SSSR count). The topological polar surface area (TPSA) is 35.6 Å². The SMILES string of the molecule is O=C(CCC1CCCNC1)N1CCN(CC2CC2)CC1. The molecule has 2 saturated heterocycles. The van der Waals surface area contributed by atoms with Gasteiger partial charge in [-0.15, -0.1) is 0 Å². The Bertz CT molecular complexity index is 316. The molecule has 1 amide bonds. The van der Waals surface area contributed by atoms with E-state index in [1.807, 2.05) is 0 Å². The van der Waals surface area contributed by atoms with Crippen molar-refractivity contribution in [1.29, 1.82) is 0 Å². The van der Waals surface area contributed by atoms with Crippen LogP contribution >= 0.6 is 0 Å². The third-order valence-electron chi connectivity index (χ3n) is 5.10. The maximum absolute atomic E-state index is 12.3. The Morgan fingerprint density at radius 2 is 1.85 bits per heavy atom. The molecule has 2 aliphatic heterocycles. The van der Waals surface area contributed by atoms with Gasteiger partial charge in [-0.25, -0.2) is 0 Å². The van der Waals surface area contributed by atoms with Crippen LogP contribution in [0, 0.1) is 11.8 Å². The third kappa shape index (κ3) is 4.19. The second-order valence-electron chi connectivity index (χ2n) is 6.88. The van der Waals surface area contributed by atoms with Gasteiger partial charge in [0, 0.05) is 39.1 Å². The number of carbonyl (C=O) groups is 1. The predicted molar refractivity (Wildman–Crippen MR) is 80.6 cm³/mol. The van der Waals surface area contributed by atoms with Crippen molar-refractivity contribution in [2.24, 2.45) is 11.8 Å². The molecular formula is C16H29N3O. The van der Waals surface area contributed by atoms with E-state index in [-0.39, 0.29) is 0 Å². The van der Waals surface area contributed by atoms with E-state index < -0.39 is 0 Å². The van der Waals surface area contributed by atoms with Gasteiger partial charge < -0.3 is 10.2 Å². The fourth-order valence-electron chi connectivity index (χ4n) is 3.50. The van der Waals surface area contributed by atoms with Crippen molar-refractivity contribution in [3.05, 3.63) is 0 Å². The molecule has 1 aliphatic carbocycles. The number of nitrogens with one attached hydrogen (secondary N) is 1. The Morgan fingerprint density at radius 3 is 2.50 bits per heavy atom. The van der Waals surface area contributed by atoms with Crippen LogP contribution in [0.3, 0.4) is 0 Å². The molecule has 1 saturated carbocycles. The molecular weight excluding hydrogens is 250 g/mol. The van der Waals surface area contributed by atoms with E-state index in [1.165, 1.54) is 32.2 Å². The van der Waals surface area contributed by atoms with Crippen molar-refractivity contribution in [3.63, 3.8) is 0 Å². The van der Waals surface area contributed by atoms with Crippen molar-refractivity contribution in [2.45, 2.75) is 38.5 Å². The zero-order valence-electron chi connectivity index (χ0n) is 12.6. The number of hydrogen-bond acceptors (Lipinski definition) is 3. The number of rotatable bonds is 5. The second kappa shape index (κ2) is 6.90. The summed E-state index contributed by atoms with van der Waals surface area (Å²) >= 11 is 0. The molecule has 3 aliphatic rings. The first-order valence-electron chi connectivity index (χ1n) is 8.52. The zero-order chi connectivity index (χ0) is 13.8. The van der Waals surface area contributed by atoms with Gasteiger partial charge in [0.1, 0.15) is 0 Å². The van der Waals surface area contributed by atoms with Crippen LogP contribution in [-0.2, 0) is 4.79 Å². The molecule has 0 bridgehead atoms. The van der Waals surface area contributed by atoms with E-state index >= 15 is 0 Å². The second-order valence-corrected chi connectivity index (χ2v) is 6.88. The standard InChI is InChI=1S/C16H29N3O/c20-16(6-5-14-2-1-7-17-12-14)19-10-8-18(9-11-19)13-15-3-4-15/h14-15,17H,1-13H2. The summed E-state index contributed by atoms with van der Waals surface area (Å²) in [4.78, 5) is 16.9. The molecule has 2 heterocycles. The van der Waals surface area contributed by atoms with E-state index in [4.69, 9.17) is 0 Å². The van der Waals surface area contributed by atoms with E-state index in [0.29, 0.717) is 5.91 Å². The number of piperidine rings is 1. The molecule has 0 radical (unpaired) electrons. The number of carbonyl (C=O) groups excluding carboxylic acids is 1. The van der Waals surface area contributed by atoms with Gasteiger partial charge in [-0.1, -0.05) is 0 Å². The van der Waals surface area contributed by atoms with Crippen molar-refractivity contribution < 1.29 is 4.79 Å². The van der Waals surface area contributed by atoms with Crippen molar-refractivity contribution >= 4 is 5.91 Å². The minimum atomic E-state index is 0.390. The fourth-order valence-corrected chi connectivity index (χ4v) is 3.50. The fraction of sp³-hybridized carbons (Fsp3) is 0.938. The lowest BCUT2D eigenvalue weighted by Crippen LogP contribution is -2.49. The summed E-state index contributed by atoms with van der Waals surface area (Å²) in [6, 6.07) is 0. The van der Waals surface area contributed by atoms with Crippen LogP contribution in [0.15, 0.2) is 0 Å². The van der Waals surface area contributed by atoms with Crippen LogP contribution in [-0.4, -0.2) is 61.5 Å². The lowest BCUT2D eigenvalue weighted by atomic mass is 9.94. The highest BCUT2D eigenvalue weighted by atomic mass is 16.2. The monoisotopic (exact) mass is 279 g/mol. The maximum atomic E-state index is 12.3. The summed E-state index contributed by atoms with van der Waals surface area (Å²) in [6.45, 7) is 7.63. The summed E-state index contributed by atoms with van der Waals surface area (Å²) in [7, 11) is 0. The smallest absolute Gasteiger partial charge is 0.222 e. The molecule has 114 valence electrons. The molecule has 4 heteroatoms. The molecule has 1 unspecified atom stereocenters. The number of nitrogens with zero attached hydrogens (tertiary/aromatic N) is 2. The Kier molecular flexibility index (Phi) is 4.94. The van der Waals surface area contributed by atoms with Crippen molar-refractivity contribution in [3.8, 4) is 0 Å². The van der Waals surface area contributed by atoms with Gasteiger partial charge in [-0.2, -0.15) is 0 Å². The minimum absolute atomic E-state index is 0.390. The van der Waals surface area contributed by atoms with Gasteiger partial charge >= 0.3 is 0 Å². The number of hydrogen-bond donors (Lipinski definition) is 1. The zero-order valence-corrected chi connectivity index (χ0v) is 12.6. The first-order chi connectivity index (χ1) is 9.81. The van der Waals surface area contributed by atoms with Crippen LogP contribution in [0.2, 0.25) is 0 Å². The van der Waals surface area contributed by atoms with Gasteiger partial charge in [0.05, 0.1) is 0 Å².